The summed E-state index contributed by atoms with van der Waals surface area (Å²) in [6.07, 6.45) is 18.7. The topological polar surface area (TPSA) is 9.23 Å². The van der Waals surface area contributed by atoms with Gasteiger partial charge in [-0.05, 0) is 66.0 Å². The largest absolute Gasteiger partial charge is 0.378 e. The molecule has 0 N–H and O–H groups in total. The highest BCUT2D eigenvalue weighted by atomic mass is 19.2. The summed E-state index contributed by atoms with van der Waals surface area (Å²) in [5.74, 6) is -1.77. The molecule has 1 heterocycles. The molecule has 4 heteroatoms. The van der Waals surface area contributed by atoms with E-state index in [1.165, 1.54) is 44.9 Å². The highest BCUT2D eigenvalue weighted by Crippen LogP contribution is 2.34. The molecule has 42 heavy (non-hydrogen) atoms. The summed E-state index contributed by atoms with van der Waals surface area (Å²) >= 11 is 0. The van der Waals surface area contributed by atoms with Crippen molar-refractivity contribution in [2.24, 2.45) is 0 Å². The first-order valence-corrected chi connectivity index (χ1v) is 16.2. The summed E-state index contributed by atoms with van der Waals surface area (Å²) in [6.45, 7) is 4.90. The van der Waals surface area contributed by atoms with E-state index in [0.29, 0.717) is 35.8 Å². The molecule has 0 radical (unpaired) electrons. The highest BCUT2D eigenvalue weighted by molar-refractivity contribution is 5.71. The maximum atomic E-state index is 15.3. The first-order valence-electron chi connectivity index (χ1n) is 16.2. The van der Waals surface area contributed by atoms with Gasteiger partial charge in [0.2, 0.25) is 0 Å². The van der Waals surface area contributed by atoms with E-state index >= 15 is 4.39 Å². The van der Waals surface area contributed by atoms with Crippen LogP contribution in [0.15, 0.2) is 66.7 Å². The van der Waals surface area contributed by atoms with E-state index in [-0.39, 0.29) is 17.3 Å². The van der Waals surface area contributed by atoms with Crippen molar-refractivity contribution in [3.63, 3.8) is 0 Å². The third-order valence-electron chi connectivity index (χ3n) is 8.59. The average Bonchev–Trinajstić information content (AvgIpc) is 3.01. The van der Waals surface area contributed by atoms with Crippen LogP contribution in [0.4, 0.5) is 13.2 Å². The van der Waals surface area contributed by atoms with Crippen molar-refractivity contribution in [1.29, 1.82) is 0 Å². The fourth-order valence-electron chi connectivity index (χ4n) is 5.95. The third-order valence-corrected chi connectivity index (χ3v) is 8.59. The van der Waals surface area contributed by atoms with Crippen molar-refractivity contribution in [2.45, 2.75) is 109 Å². The minimum Gasteiger partial charge on any atom is -0.378 e. The molecule has 2 unspecified atom stereocenters. The summed E-state index contributed by atoms with van der Waals surface area (Å²) in [5.41, 5.74) is 3.47. The lowest BCUT2D eigenvalue weighted by molar-refractivity contribution is -0.00274. The molecule has 0 aliphatic carbocycles. The zero-order valence-corrected chi connectivity index (χ0v) is 25.4. The molecule has 1 nitrogen and oxygen atoms in total. The second-order valence-corrected chi connectivity index (χ2v) is 11.8. The molecule has 226 valence electrons. The molecular weight excluding hydrogens is 529 g/mol. The SMILES string of the molecule is CCCC=CCc1ccc(-c2ccc(-c3ccc(C4CCC(CCCCCCCCC)OC4)c(F)c3)cc2)c(F)c1F. The van der Waals surface area contributed by atoms with Gasteiger partial charge in [-0.25, -0.2) is 13.2 Å². The van der Waals surface area contributed by atoms with Crippen LogP contribution in [-0.4, -0.2) is 12.7 Å². The van der Waals surface area contributed by atoms with Gasteiger partial charge < -0.3 is 4.74 Å². The van der Waals surface area contributed by atoms with Crippen molar-refractivity contribution in [2.75, 3.05) is 6.61 Å². The lowest BCUT2D eigenvalue weighted by atomic mass is 9.88. The summed E-state index contributed by atoms with van der Waals surface area (Å²) in [5, 5.41) is 0. The Kier molecular flexibility index (Phi) is 12.8. The Balaban J connectivity index is 1.32. The first kappa shape index (κ1) is 32.1. The molecular formula is C38H47F3O. The molecule has 0 bridgehead atoms. The van der Waals surface area contributed by atoms with E-state index in [0.717, 1.165) is 43.2 Å². The zero-order valence-electron chi connectivity index (χ0n) is 25.4. The molecule has 3 aromatic rings. The van der Waals surface area contributed by atoms with Gasteiger partial charge in [0, 0.05) is 11.5 Å². The van der Waals surface area contributed by atoms with Crippen molar-refractivity contribution in [1.82, 2.24) is 0 Å². The monoisotopic (exact) mass is 576 g/mol. The van der Waals surface area contributed by atoms with Gasteiger partial charge in [-0.1, -0.05) is 126 Å². The van der Waals surface area contributed by atoms with E-state index in [1.54, 1.807) is 30.3 Å². The summed E-state index contributed by atoms with van der Waals surface area (Å²) in [4.78, 5) is 0. The van der Waals surface area contributed by atoms with Gasteiger partial charge in [-0.2, -0.15) is 0 Å². The Bertz CT molecular complexity index is 1270. The fraction of sp³-hybridized carbons (Fsp3) is 0.474. The zero-order chi connectivity index (χ0) is 29.7. The number of hydrogen-bond acceptors (Lipinski definition) is 1. The minimum absolute atomic E-state index is 0.0784. The first-order chi connectivity index (χ1) is 20.5. The summed E-state index contributed by atoms with van der Waals surface area (Å²) in [6, 6.07) is 15.9. The maximum absolute atomic E-state index is 15.3. The van der Waals surface area contributed by atoms with E-state index < -0.39 is 11.6 Å². The smallest absolute Gasteiger partial charge is 0.166 e. The van der Waals surface area contributed by atoms with E-state index in [9.17, 15) is 8.78 Å². The molecule has 0 aromatic heterocycles. The van der Waals surface area contributed by atoms with Crippen molar-refractivity contribution in [3.05, 3.63) is 95.3 Å². The number of hydrogen-bond donors (Lipinski definition) is 0. The Labute approximate surface area is 251 Å². The van der Waals surface area contributed by atoms with E-state index in [2.05, 4.69) is 13.8 Å². The molecule has 0 spiro atoms. The Morgan fingerprint density at radius 3 is 2.12 bits per heavy atom. The van der Waals surface area contributed by atoms with Crippen LogP contribution in [-0.2, 0) is 11.2 Å². The lowest BCUT2D eigenvalue weighted by Crippen LogP contribution is -2.25. The van der Waals surface area contributed by atoms with Gasteiger partial charge in [0.05, 0.1) is 12.7 Å². The molecule has 2 atom stereocenters. The predicted molar refractivity (Wildman–Crippen MR) is 169 cm³/mol. The van der Waals surface area contributed by atoms with Gasteiger partial charge in [-0.15, -0.1) is 0 Å². The van der Waals surface area contributed by atoms with E-state index in [4.69, 9.17) is 4.74 Å². The lowest BCUT2D eigenvalue weighted by Gasteiger charge is -2.29. The number of ether oxygens (including phenoxy) is 1. The summed E-state index contributed by atoms with van der Waals surface area (Å²) in [7, 11) is 0. The van der Waals surface area contributed by atoms with Gasteiger partial charge in [0.15, 0.2) is 11.6 Å². The number of rotatable bonds is 15. The molecule has 1 saturated heterocycles. The Hall–Kier alpha value is -2.85. The van der Waals surface area contributed by atoms with Gasteiger partial charge in [0.1, 0.15) is 5.82 Å². The minimum atomic E-state index is -0.834. The molecule has 3 aromatic carbocycles. The quantitative estimate of drug-likeness (QED) is 0.129. The third kappa shape index (κ3) is 8.83. The van der Waals surface area contributed by atoms with Crippen LogP contribution in [0.1, 0.15) is 108 Å². The molecule has 4 rings (SSSR count). The van der Waals surface area contributed by atoms with Crippen molar-refractivity contribution < 1.29 is 17.9 Å². The Morgan fingerprint density at radius 2 is 1.43 bits per heavy atom. The number of benzene rings is 3. The van der Waals surface area contributed by atoms with Gasteiger partial charge in [0.25, 0.3) is 0 Å². The second-order valence-electron chi connectivity index (χ2n) is 11.8. The fourth-order valence-corrected chi connectivity index (χ4v) is 5.95. The maximum Gasteiger partial charge on any atom is 0.166 e. The molecule has 1 fully saturated rings. The van der Waals surface area contributed by atoms with Crippen LogP contribution < -0.4 is 0 Å². The van der Waals surface area contributed by atoms with Gasteiger partial charge in [-0.3, -0.25) is 0 Å². The number of unbranched alkanes of at least 4 members (excludes halogenated alkanes) is 7. The van der Waals surface area contributed by atoms with Crippen LogP contribution in [0.2, 0.25) is 0 Å². The Morgan fingerprint density at radius 1 is 0.714 bits per heavy atom. The molecule has 0 saturated carbocycles. The standard InChI is InChI=1S/C38H47F3O/c1-3-5-7-9-10-11-13-15-33-23-20-32(27-42-33)34-24-22-31(26-36(34)39)28-16-18-29(19-17-28)35-25-21-30(37(40)38(35)41)14-12-8-6-4-2/h8,12,16-19,21-22,24-26,32-33H,3-7,9-11,13-15,20,23,27H2,1-2H3. The number of halogens is 3. The number of allylic oxidation sites excluding steroid dienone is 2. The van der Waals surface area contributed by atoms with Crippen molar-refractivity contribution in [3.8, 4) is 22.3 Å². The molecule has 1 aliphatic rings. The predicted octanol–water partition coefficient (Wildman–Crippen LogP) is 11.7. The van der Waals surface area contributed by atoms with Crippen LogP contribution in [0.25, 0.3) is 22.3 Å². The van der Waals surface area contributed by atoms with Crippen LogP contribution >= 0.6 is 0 Å². The summed E-state index contributed by atoms with van der Waals surface area (Å²) < 4.78 is 51.0. The normalized spacial score (nSPS) is 17.3. The van der Waals surface area contributed by atoms with Gasteiger partial charge >= 0.3 is 0 Å². The molecule has 1 aliphatic heterocycles. The van der Waals surface area contributed by atoms with Crippen LogP contribution in [0.3, 0.4) is 0 Å². The van der Waals surface area contributed by atoms with Crippen LogP contribution in [0.5, 0.6) is 0 Å². The van der Waals surface area contributed by atoms with Crippen LogP contribution in [0, 0.1) is 17.5 Å². The molecule has 0 amide bonds. The highest BCUT2D eigenvalue weighted by Gasteiger charge is 2.25. The van der Waals surface area contributed by atoms with E-state index in [1.807, 2.05) is 36.4 Å². The second kappa shape index (κ2) is 16.7. The van der Waals surface area contributed by atoms with Crippen molar-refractivity contribution >= 4 is 0 Å². The average molecular weight is 577 g/mol.